The number of allylic oxidation sites excluding steroid dienone is 1. The molecule has 35 heavy (non-hydrogen) atoms. The molecule has 0 spiro atoms. The van der Waals surface area contributed by atoms with Gasteiger partial charge in [-0.15, -0.1) is 23.1 Å². The van der Waals surface area contributed by atoms with Crippen molar-refractivity contribution < 1.29 is 63.1 Å². The number of fused-ring (bicyclic) bond motifs is 1. The quantitative estimate of drug-likeness (QED) is 0.148. The average Bonchev–Trinajstić information content (AvgIpc) is 3.47. The summed E-state index contributed by atoms with van der Waals surface area (Å²) >= 11 is 2.39. The van der Waals surface area contributed by atoms with Crippen LogP contribution in [0.15, 0.2) is 38.5 Å². The van der Waals surface area contributed by atoms with Crippen LogP contribution in [-0.2, 0) is 19.2 Å². The Kier molecular flexibility index (Phi) is 8.60. The number of hydrogen-bond acceptors (Lipinski definition) is 13. The molecule has 0 radical (unpaired) electrons. The monoisotopic (exact) mass is 528 g/mol. The molecular formula is C19H17N6NaO7S2. The van der Waals surface area contributed by atoms with Crippen molar-refractivity contribution in [2.75, 3.05) is 25.7 Å². The van der Waals surface area contributed by atoms with Crippen LogP contribution < -0.4 is 50.5 Å². The predicted molar refractivity (Wildman–Crippen MR) is 119 cm³/mol. The second kappa shape index (κ2) is 11.3. The first kappa shape index (κ1) is 26.7. The number of aliphatic carboxylic acids is 1. The third-order valence-electron chi connectivity index (χ3n) is 4.80. The van der Waals surface area contributed by atoms with E-state index in [0.29, 0.717) is 11.3 Å². The Labute approximate surface area is 228 Å². The van der Waals surface area contributed by atoms with Gasteiger partial charge in [0.05, 0.1) is 18.8 Å². The number of methoxy groups -OCH3 is 1. The van der Waals surface area contributed by atoms with Crippen LogP contribution in [0.5, 0.6) is 5.88 Å². The third-order valence-corrected chi connectivity index (χ3v) is 6.78. The second-order valence-electron chi connectivity index (χ2n) is 6.82. The molecule has 178 valence electrons. The molecule has 2 aromatic heterocycles. The van der Waals surface area contributed by atoms with Gasteiger partial charge >= 0.3 is 29.6 Å². The minimum absolute atomic E-state index is 0. The molecule has 2 atom stereocenters. The number of carboxylic acids is 1. The van der Waals surface area contributed by atoms with Gasteiger partial charge in [-0.1, -0.05) is 11.2 Å². The number of oxime groups is 1. The third kappa shape index (κ3) is 5.38. The summed E-state index contributed by atoms with van der Waals surface area (Å²) in [7, 11) is 2.69. The van der Waals surface area contributed by atoms with Crippen LogP contribution in [0, 0.1) is 0 Å². The molecule has 0 aromatic carbocycles. The molecule has 2 aliphatic rings. The fraction of sp³-hybridized carbons (Fsp3) is 0.263. The van der Waals surface area contributed by atoms with Gasteiger partial charge in [-0.25, -0.2) is 4.98 Å². The summed E-state index contributed by atoms with van der Waals surface area (Å²) in [5.74, 6) is -1.99. The van der Waals surface area contributed by atoms with Crippen LogP contribution in [0.25, 0.3) is 6.08 Å². The Hall–Kier alpha value is -2.85. The Bertz CT molecular complexity index is 1240. The normalized spacial score (nSPS) is 19.7. The van der Waals surface area contributed by atoms with Gasteiger partial charge in [0.2, 0.25) is 0 Å². The van der Waals surface area contributed by atoms with Crippen molar-refractivity contribution in [3.8, 4) is 5.88 Å². The van der Waals surface area contributed by atoms with Crippen LogP contribution in [0.3, 0.4) is 0 Å². The van der Waals surface area contributed by atoms with Crippen LogP contribution in [0.4, 0.5) is 5.13 Å². The number of rotatable bonds is 8. The summed E-state index contributed by atoms with van der Waals surface area (Å²) in [5, 5.41) is 22.9. The maximum absolute atomic E-state index is 12.8. The number of hydrogen-bond donors (Lipinski definition) is 2. The number of thiazole rings is 1. The summed E-state index contributed by atoms with van der Waals surface area (Å²) in [5.41, 5.74) is 5.71. The molecular weight excluding hydrogens is 511 g/mol. The number of β-lactam (4-membered cyclic amide) rings is 1. The minimum atomic E-state index is -1.52. The topological polar surface area (TPSA) is 185 Å². The van der Waals surface area contributed by atoms with E-state index >= 15 is 0 Å². The van der Waals surface area contributed by atoms with Gasteiger partial charge in [0.25, 0.3) is 17.7 Å². The van der Waals surface area contributed by atoms with Crippen LogP contribution in [-0.4, -0.2) is 69.9 Å². The largest absolute Gasteiger partial charge is 1.00 e. The van der Waals surface area contributed by atoms with E-state index in [1.54, 1.807) is 0 Å². The number of carbonyl (C=O) groups is 3. The van der Waals surface area contributed by atoms with E-state index in [1.165, 1.54) is 49.6 Å². The number of ether oxygens (including phenoxy) is 1. The number of thioether (sulfide) groups is 1. The Morgan fingerprint density at radius 2 is 2.17 bits per heavy atom. The number of anilines is 1. The van der Waals surface area contributed by atoms with Gasteiger partial charge in [-0.2, -0.15) is 0 Å². The van der Waals surface area contributed by atoms with Crippen molar-refractivity contribution in [1.29, 1.82) is 0 Å². The maximum Gasteiger partial charge on any atom is 1.00 e. The van der Waals surface area contributed by atoms with Gasteiger partial charge in [0, 0.05) is 17.2 Å². The Balaban J connectivity index is 0.00000342. The van der Waals surface area contributed by atoms with Crippen LogP contribution in [0.2, 0.25) is 0 Å². The molecule has 16 heteroatoms. The van der Waals surface area contributed by atoms with Crippen LogP contribution >= 0.6 is 23.1 Å². The van der Waals surface area contributed by atoms with E-state index in [2.05, 4.69) is 20.6 Å². The zero-order chi connectivity index (χ0) is 24.4. The van der Waals surface area contributed by atoms with Gasteiger partial charge < -0.3 is 35.0 Å². The van der Waals surface area contributed by atoms with Crippen molar-refractivity contribution in [2.45, 2.75) is 11.4 Å². The summed E-state index contributed by atoms with van der Waals surface area (Å²) in [6.07, 6.45) is 3.01. The zero-order valence-electron chi connectivity index (χ0n) is 18.7. The molecule has 2 aliphatic heterocycles. The van der Waals surface area contributed by atoms with E-state index < -0.39 is 29.2 Å². The van der Waals surface area contributed by atoms with Crippen molar-refractivity contribution in [1.82, 2.24) is 20.4 Å². The van der Waals surface area contributed by atoms with Crippen molar-refractivity contribution >= 4 is 57.8 Å². The van der Waals surface area contributed by atoms with E-state index in [1.807, 2.05) is 0 Å². The maximum atomic E-state index is 12.8. The number of carboxylic acid groups (broad SMARTS) is 1. The van der Waals surface area contributed by atoms with Gasteiger partial charge in [0.15, 0.2) is 16.6 Å². The first-order valence-corrected chi connectivity index (χ1v) is 11.5. The number of amides is 2. The van der Waals surface area contributed by atoms with Crippen molar-refractivity contribution in [2.24, 2.45) is 5.16 Å². The summed E-state index contributed by atoms with van der Waals surface area (Å²) in [6.45, 7) is 0. The second-order valence-corrected chi connectivity index (χ2v) is 8.82. The molecule has 0 bridgehead atoms. The summed E-state index contributed by atoms with van der Waals surface area (Å²) in [6, 6.07) is 0.540. The molecule has 2 amide bonds. The zero-order valence-corrected chi connectivity index (χ0v) is 22.3. The SMILES string of the molecule is CO/N=C(\C(=O)N[C@@H]1C(=O)N2C(C(=O)[O-])=C(/C=C\c3cc(OC)no3)CS[C@H]12)c1csc(N)n1.[Na+]. The summed E-state index contributed by atoms with van der Waals surface area (Å²) < 4.78 is 9.98. The van der Waals surface area contributed by atoms with E-state index in [4.69, 9.17) is 19.8 Å². The number of aromatic nitrogens is 2. The molecule has 1 saturated heterocycles. The number of nitrogen functional groups attached to an aromatic ring is 1. The Morgan fingerprint density at radius 1 is 1.40 bits per heavy atom. The van der Waals surface area contributed by atoms with Crippen molar-refractivity contribution in [3.63, 3.8) is 0 Å². The standard InChI is InChI=1S/C19H18N6O7S2.Na/c1-30-11-5-9(32-23-11)4-3-8-6-33-17-13(16(27)25(17)14(8)18(28)29)22-15(26)12(24-31-2)10-7-34-19(20)21-10;/h3-5,7,13,17H,6H2,1-2H3,(H2,20,21)(H,22,26)(H,28,29);/q;+1/p-1/b4-3-,24-12-;/t13-,17-;/m1./s1. The summed E-state index contributed by atoms with van der Waals surface area (Å²) in [4.78, 5) is 47.3. The number of carbonyl (C=O) groups excluding carboxylic acids is 3. The van der Waals surface area contributed by atoms with E-state index in [-0.39, 0.29) is 63.4 Å². The fourth-order valence-corrected chi connectivity index (χ4v) is 5.16. The van der Waals surface area contributed by atoms with E-state index in [0.717, 1.165) is 16.2 Å². The number of nitrogens with two attached hydrogens (primary N) is 1. The molecule has 0 aliphatic carbocycles. The smallest absolute Gasteiger partial charge is 0.543 e. The van der Waals surface area contributed by atoms with Gasteiger partial charge in [-0.05, 0) is 16.8 Å². The number of nitrogens with one attached hydrogen (secondary N) is 1. The van der Waals surface area contributed by atoms with E-state index in [9.17, 15) is 19.5 Å². The molecule has 13 nitrogen and oxygen atoms in total. The molecule has 0 unspecified atom stereocenters. The fourth-order valence-electron chi connectivity index (χ4n) is 3.29. The van der Waals surface area contributed by atoms with Crippen LogP contribution in [0.1, 0.15) is 11.5 Å². The molecule has 1 fully saturated rings. The molecule has 4 rings (SSSR count). The molecule has 2 aromatic rings. The average molecular weight is 529 g/mol. The van der Waals surface area contributed by atoms with Gasteiger partial charge in [0.1, 0.15) is 24.2 Å². The Morgan fingerprint density at radius 3 is 2.77 bits per heavy atom. The molecule has 4 heterocycles. The first-order valence-electron chi connectivity index (χ1n) is 9.55. The minimum Gasteiger partial charge on any atom is -0.543 e. The predicted octanol–water partition coefficient (Wildman–Crippen LogP) is -3.81. The number of nitrogens with zero attached hydrogens (tertiary/aromatic N) is 4. The molecule has 3 N–H and O–H groups in total. The molecule has 0 saturated carbocycles. The first-order chi connectivity index (χ1) is 16.3. The van der Waals surface area contributed by atoms with Crippen molar-refractivity contribution in [3.05, 3.63) is 40.2 Å². The van der Waals surface area contributed by atoms with Gasteiger partial charge in [-0.3, -0.25) is 14.5 Å².